The number of nitrogens with two attached hydrogens (primary N) is 1. The van der Waals surface area contributed by atoms with E-state index in [2.05, 4.69) is 24.5 Å². The smallest absolute Gasteiger partial charge is 0.287 e. The van der Waals surface area contributed by atoms with Gasteiger partial charge in [-0.05, 0) is 38.5 Å². The molecule has 1 amide bonds. The van der Waals surface area contributed by atoms with E-state index >= 15 is 0 Å². The Morgan fingerprint density at radius 3 is 2.41 bits per heavy atom. The first-order valence-corrected chi connectivity index (χ1v) is 7.82. The minimum Gasteiger partial charge on any atom is -0.330 e. The van der Waals surface area contributed by atoms with Crippen LogP contribution in [0.2, 0.25) is 5.02 Å². The molecule has 0 fully saturated rings. The number of benzene rings is 2. The number of nitrogens with one attached hydrogen (secondary N) is 1. The highest BCUT2D eigenvalue weighted by atomic mass is 35.5. The van der Waals surface area contributed by atoms with Gasteiger partial charge in [0.1, 0.15) is 0 Å². The fourth-order valence-electron chi connectivity index (χ4n) is 2.29. The maximum absolute atomic E-state index is 12.7. The summed E-state index contributed by atoms with van der Waals surface area (Å²) in [5.41, 5.74) is 2.71. The van der Waals surface area contributed by atoms with E-state index in [0.717, 1.165) is 16.8 Å². The quantitative estimate of drug-likeness (QED) is 0.873. The molecule has 4 heteroatoms. The first-order valence-electron chi connectivity index (χ1n) is 7.44. The van der Waals surface area contributed by atoms with Crippen molar-refractivity contribution in [2.75, 3.05) is 5.32 Å². The molecule has 1 atom stereocenters. The third kappa shape index (κ3) is 4.33. The minimum absolute atomic E-state index is 0.0418. The number of quaternary nitrogens is 1. The molecule has 0 spiro atoms. The Morgan fingerprint density at radius 1 is 1.14 bits per heavy atom. The monoisotopic (exact) mass is 317 g/mol. The van der Waals surface area contributed by atoms with Crippen LogP contribution in [0, 0.1) is 6.92 Å². The van der Waals surface area contributed by atoms with Crippen LogP contribution < -0.4 is 10.6 Å². The van der Waals surface area contributed by atoms with Gasteiger partial charge in [0.25, 0.3) is 5.91 Å². The van der Waals surface area contributed by atoms with Crippen LogP contribution in [0.15, 0.2) is 48.5 Å². The Labute approximate surface area is 136 Å². The lowest BCUT2D eigenvalue weighted by molar-refractivity contribution is -0.709. The molecule has 0 radical (unpaired) electrons. The van der Waals surface area contributed by atoms with Crippen molar-refractivity contribution in [1.82, 2.24) is 0 Å². The Balaban J connectivity index is 2.20. The molecule has 3 nitrogen and oxygen atoms in total. The lowest BCUT2D eigenvalue weighted by Crippen LogP contribution is -2.91. The molecule has 116 valence electrons. The molecule has 0 saturated heterocycles. The number of amides is 1. The molecule has 0 aliphatic carbocycles. The molecule has 2 aromatic carbocycles. The molecule has 0 aliphatic heterocycles. The van der Waals surface area contributed by atoms with E-state index in [4.69, 9.17) is 11.6 Å². The molecule has 2 rings (SSSR count). The average molecular weight is 318 g/mol. The molecule has 0 unspecified atom stereocenters. The van der Waals surface area contributed by atoms with E-state index in [1.165, 1.54) is 0 Å². The number of hydrogen-bond donors (Lipinski definition) is 2. The van der Waals surface area contributed by atoms with Gasteiger partial charge in [-0.3, -0.25) is 4.79 Å². The summed E-state index contributed by atoms with van der Waals surface area (Å²) in [6.45, 7) is 6.09. The third-order valence-electron chi connectivity index (χ3n) is 3.46. The van der Waals surface area contributed by atoms with Crippen LogP contribution in [0.25, 0.3) is 0 Å². The second-order valence-corrected chi connectivity index (χ2v) is 6.19. The standard InChI is InChI=1S/C18H21ClN2O/c1-12(2)20-17(14-7-5-4-6-8-14)18(22)21-15-10-9-13(3)16(19)11-15/h4-12,17,20H,1-3H3,(H,21,22)/p+1/t17-/m0/s1. The van der Waals surface area contributed by atoms with Gasteiger partial charge in [-0.25, -0.2) is 0 Å². The van der Waals surface area contributed by atoms with Crippen molar-refractivity contribution in [1.29, 1.82) is 0 Å². The molecule has 0 aromatic heterocycles. The van der Waals surface area contributed by atoms with Crippen LogP contribution >= 0.6 is 11.6 Å². The second kappa shape index (κ2) is 7.43. The first-order chi connectivity index (χ1) is 10.5. The summed E-state index contributed by atoms with van der Waals surface area (Å²) in [4.78, 5) is 12.7. The average Bonchev–Trinajstić information content (AvgIpc) is 2.49. The van der Waals surface area contributed by atoms with Crippen molar-refractivity contribution in [2.45, 2.75) is 32.9 Å². The van der Waals surface area contributed by atoms with Gasteiger partial charge < -0.3 is 10.6 Å². The van der Waals surface area contributed by atoms with Crippen molar-refractivity contribution in [3.05, 3.63) is 64.7 Å². The minimum atomic E-state index is -0.277. The van der Waals surface area contributed by atoms with Gasteiger partial charge in [0.2, 0.25) is 0 Å². The Kier molecular flexibility index (Phi) is 5.58. The Bertz CT molecular complexity index is 641. The van der Waals surface area contributed by atoms with Crippen LogP contribution in [0.5, 0.6) is 0 Å². The molecule has 22 heavy (non-hydrogen) atoms. The highest BCUT2D eigenvalue weighted by Crippen LogP contribution is 2.21. The summed E-state index contributed by atoms with van der Waals surface area (Å²) >= 11 is 6.12. The van der Waals surface area contributed by atoms with E-state index in [9.17, 15) is 4.79 Å². The van der Waals surface area contributed by atoms with E-state index in [0.29, 0.717) is 11.1 Å². The number of halogens is 1. The zero-order valence-corrected chi connectivity index (χ0v) is 13.9. The summed E-state index contributed by atoms with van der Waals surface area (Å²) in [7, 11) is 0. The van der Waals surface area contributed by atoms with Crippen molar-refractivity contribution < 1.29 is 10.1 Å². The molecule has 0 aliphatic rings. The molecule has 3 N–H and O–H groups in total. The number of carbonyl (C=O) groups excluding carboxylic acids is 1. The summed E-state index contributed by atoms with van der Waals surface area (Å²) in [6, 6.07) is 15.4. The Morgan fingerprint density at radius 2 is 1.82 bits per heavy atom. The number of rotatable bonds is 5. The van der Waals surface area contributed by atoms with Gasteiger partial charge in [0.15, 0.2) is 6.04 Å². The van der Waals surface area contributed by atoms with Crippen molar-refractivity contribution >= 4 is 23.2 Å². The fourth-order valence-corrected chi connectivity index (χ4v) is 2.47. The van der Waals surface area contributed by atoms with Gasteiger partial charge in [0.05, 0.1) is 6.04 Å². The maximum atomic E-state index is 12.7. The van der Waals surface area contributed by atoms with E-state index in [1.54, 1.807) is 6.07 Å². The molecule has 0 saturated carbocycles. The van der Waals surface area contributed by atoms with Gasteiger partial charge in [-0.1, -0.05) is 48.0 Å². The van der Waals surface area contributed by atoms with Crippen molar-refractivity contribution in [3.8, 4) is 0 Å². The predicted molar refractivity (Wildman–Crippen MR) is 91.1 cm³/mol. The molecule has 0 bridgehead atoms. The van der Waals surface area contributed by atoms with Crippen LogP contribution in [-0.2, 0) is 4.79 Å². The highest BCUT2D eigenvalue weighted by Gasteiger charge is 2.25. The van der Waals surface area contributed by atoms with Crippen molar-refractivity contribution in [2.24, 2.45) is 0 Å². The summed E-state index contributed by atoms with van der Waals surface area (Å²) < 4.78 is 0. The first kappa shape index (κ1) is 16.5. The molecular weight excluding hydrogens is 296 g/mol. The highest BCUT2D eigenvalue weighted by molar-refractivity contribution is 6.31. The summed E-state index contributed by atoms with van der Waals surface area (Å²) in [6.07, 6.45) is 0. The predicted octanol–water partition coefficient (Wildman–Crippen LogP) is 3.30. The zero-order valence-electron chi connectivity index (χ0n) is 13.1. The van der Waals surface area contributed by atoms with Crippen LogP contribution in [0.1, 0.15) is 31.0 Å². The molecular formula is C18H22ClN2O+. The van der Waals surface area contributed by atoms with E-state index in [1.807, 2.05) is 49.4 Å². The lowest BCUT2D eigenvalue weighted by Gasteiger charge is -2.18. The normalized spacial score (nSPS) is 12.2. The van der Waals surface area contributed by atoms with Gasteiger partial charge in [-0.2, -0.15) is 0 Å². The number of carbonyl (C=O) groups is 1. The number of hydrogen-bond acceptors (Lipinski definition) is 1. The van der Waals surface area contributed by atoms with Crippen LogP contribution in [0.4, 0.5) is 5.69 Å². The number of anilines is 1. The topological polar surface area (TPSA) is 45.7 Å². The summed E-state index contributed by atoms with van der Waals surface area (Å²) in [5.74, 6) is -0.0418. The van der Waals surface area contributed by atoms with Gasteiger partial charge >= 0.3 is 0 Å². The summed E-state index contributed by atoms with van der Waals surface area (Å²) in [5, 5.41) is 5.67. The van der Waals surface area contributed by atoms with Crippen molar-refractivity contribution in [3.63, 3.8) is 0 Å². The second-order valence-electron chi connectivity index (χ2n) is 5.78. The largest absolute Gasteiger partial charge is 0.330 e. The lowest BCUT2D eigenvalue weighted by atomic mass is 10.1. The maximum Gasteiger partial charge on any atom is 0.287 e. The SMILES string of the molecule is Cc1ccc(NC(=O)[C@@H]([NH2+]C(C)C)c2ccccc2)cc1Cl. The van der Waals surface area contributed by atoms with E-state index < -0.39 is 0 Å². The zero-order chi connectivity index (χ0) is 16.1. The van der Waals surface area contributed by atoms with Crippen LogP contribution in [0.3, 0.4) is 0 Å². The van der Waals surface area contributed by atoms with E-state index in [-0.39, 0.29) is 11.9 Å². The molecule has 0 heterocycles. The van der Waals surface area contributed by atoms with Crippen LogP contribution in [-0.4, -0.2) is 11.9 Å². The Hall–Kier alpha value is -1.84. The fraction of sp³-hybridized carbons (Fsp3) is 0.278. The van der Waals surface area contributed by atoms with Gasteiger partial charge in [-0.15, -0.1) is 0 Å². The number of aryl methyl sites for hydroxylation is 1. The third-order valence-corrected chi connectivity index (χ3v) is 3.87. The van der Waals surface area contributed by atoms with Gasteiger partial charge in [0, 0.05) is 16.3 Å². The molecule has 2 aromatic rings.